The Kier molecular flexibility index (Phi) is 4.31. The van der Waals surface area contributed by atoms with E-state index in [1.165, 1.54) is 30.3 Å². The van der Waals surface area contributed by atoms with Crippen LogP contribution in [-0.2, 0) is 0 Å². The number of nitro benzene ring substituents is 1. The second kappa shape index (κ2) is 6.27. The van der Waals surface area contributed by atoms with Crippen LogP contribution in [-0.4, -0.2) is 19.7 Å². The summed E-state index contributed by atoms with van der Waals surface area (Å²) in [7, 11) is 0. The Morgan fingerprint density at radius 1 is 1.12 bits per heavy atom. The quantitative estimate of drug-likeness (QED) is 0.542. The molecule has 0 aliphatic rings. The molecule has 1 N–H and O–H groups in total. The third-order valence-electron chi connectivity index (χ3n) is 3.14. The van der Waals surface area contributed by atoms with Crippen molar-refractivity contribution in [2.75, 3.05) is 0 Å². The summed E-state index contributed by atoms with van der Waals surface area (Å²) in [5, 5.41) is 15.6. The van der Waals surface area contributed by atoms with Crippen LogP contribution in [0.3, 0.4) is 0 Å². The molecule has 0 unspecified atom stereocenters. The first kappa shape index (κ1) is 16.5. The number of hydrogen-bond donors (Lipinski definition) is 1. The van der Waals surface area contributed by atoms with E-state index in [1.54, 1.807) is 6.07 Å². The Bertz CT molecular complexity index is 989. The Hall–Kier alpha value is -2.35. The van der Waals surface area contributed by atoms with Gasteiger partial charge in [-0.3, -0.25) is 15.1 Å². The summed E-state index contributed by atoms with van der Waals surface area (Å²) in [5.74, 6) is 0.144. The van der Waals surface area contributed by atoms with E-state index in [1.807, 2.05) is 0 Å². The molecule has 0 saturated heterocycles. The van der Waals surface area contributed by atoms with E-state index in [0.717, 1.165) is 4.68 Å². The summed E-state index contributed by atoms with van der Waals surface area (Å²) in [6.45, 7) is 0. The molecule has 0 bridgehead atoms. The molecule has 10 heteroatoms. The maximum atomic E-state index is 12.2. The van der Waals surface area contributed by atoms with Crippen LogP contribution in [0.5, 0.6) is 0 Å². The molecule has 0 fully saturated rings. The van der Waals surface area contributed by atoms with Gasteiger partial charge < -0.3 is 0 Å². The second-order valence-electron chi connectivity index (χ2n) is 4.72. The number of non-ortho nitro benzene ring substituents is 1. The highest BCUT2D eigenvalue weighted by Gasteiger charge is 2.17. The molecule has 7 nitrogen and oxygen atoms in total. The fourth-order valence-electron chi connectivity index (χ4n) is 2.11. The minimum Gasteiger partial charge on any atom is -0.288 e. The molecule has 0 saturated carbocycles. The number of nitrogens with one attached hydrogen (secondary N) is 1. The van der Waals surface area contributed by atoms with Crippen LogP contribution in [0.2, 0.25) is 15.1 Å². The molecule has 3 rings (SSSR count). The zero-order valence-corrected chi connectivity index (χ0v) is 13.9. The van der Waals surface area contributed by atoms with Gasteiger partial charge in [0.05, 0.1) is 15.0 Å². The van der Waals surface area contributed by atoms with E-state index < -0.39 is 10.6 Å². The molecular formula is C14H7Cl3N4O3. The largest absolute Gasteiger partial charge is 0.348 e. The Balaban J connectivity index is 2.14. The zero-order chi connectivity index (χ0) is 17.4. The first-order chi connectivity index (χ1) is 11.4. The van der Waals surface area contributed by atoms with Crippen LogP contribution >= 0.6 is 34.8 Å². The summed E-state index contributed by atoms with van der Waals surface area (Å²) >= 11 is 18.0. The van der Waals surface area contributed by atoms with Gasteiger partial charge in [-0.15, -0.1) is 5.10 Å². The van der Waals surface area contributed by atoms with Crippen LogP contribution in [0.25, 0.3) is 17.1 Å². The molecule has 0 aliphatic heterocycles. The van der Waals surface area contributed by atoms with Crippen molar-refractivity contribution in [2.24, 2.45) is 0 Å². The van der Waals surface area contributed by atoms with Crippen LogP contribution in [0.4, 0.5) is 5.69 Å². The van der Waals surface area contributed by atoms with Crippen molar-refractivity contribution in [3.63, 3.8) is 0 Å². The van der Waals surface area contributed by atoms with Crippen LogP contribution in [0.15, 0.2) is 41.2 Å². The summed E-state index contributed by atoms with van der Waals surface area (Å²) in [4.78, 5) is 25.0. The van der Waals surface area contributed by atoms with Gasteiger partial charge in [0.25, 0.3) is 5.69 Å². The minimum absolute atomic E-state index is 0.120. The fourth-order valence-corrected chi connectivity index (χ4v) is 3.09. The highest BCUT2D eigenvalue weighted by atomic mass is 35.5. The molecule has 1 aromatic heterocycles. The number of hydrogen-bond acceptors (Lipinski definition) is 4. The molecule has 0 aliphatic carbocycles. The van der Waals surface area contributed by atoms with E-state index >= 15 is 0 Å². The lowest BCUT2D eigenvalue weighted by atomic mass is 10.2. The number of nitrogens with zero attached hydrogens (tertiary/aromatic N) is 3. The van der Waals surface area contributed by atoms with Gasteiger partial charge in [0.2, 0.25) is 0 Å². The average molecular weight is 386 g/mol. The normalized spacial score (nSPS) is 10.8. The van der Waals surface area contributed by atoms with Gasteiger partial charge in [0.15, 0.2) is 5.82 Å². The fraction of sp³-hybridized carbons (Fsp3) is 0. The summed E-state index contributed by atoms with van der Waals surface area (Å²) in [6.07, 6.45) is 0. The van der Waals surface area contributed by atoms with Crippen LogP contribution in [0.1, 0.15) is 0 Å². The van der Waals surface area contributed by atoms with Crippen LogP contribution < -0.4 is 5.69 Å². The maximum absolute atomic E-state index is 12.2. The Morgan fingerprint density at radius 2 is 1.79 bits per heavy atom. The molecular weight excluding hydrogens is 379 g/mol. The monoisotopic (exact) mass is 384 g/mol. The van der Waals surface area contributed by atoms with Gasteiger partial charge >= 0.3 is 5.69 Å². The highest BCUT2D eigenvalue weighted by molar-refractivity contribution is 6.40. The molecule has 0 amide bonds. The molecule has 0 radical (unpaired) electrons. The molecule has 2 aromatic carbocycles. The van der Waals surface area contributed by atoms with Crippen LogP contribution in [0, 0.1) is 10.1 Å². The molecule has 0 atom stereocenters. The third-order valence-corrected chi connectivity index (χ3v) is 3.94. The Labute approximate surface area is 149 Å². The topological polar surface area (TPSA) is 93.8 Å². The van der Waals surface area contributed by atoms with Gasteiger partial charge in [0, 0.05) is 22.7 Å². The van der Waals surface area contributed by atoms with E-state index in [9.17, 15) is 14.9 Å². The lowest BCUT2D eigenvalue weighted by Gasteiger charge is -2.06. The summed E-state index contributed by atoms with van der Waals surface area (Å²) in [5.41, 5.74) is -0.171. The van der Waals surface area contributed by atoms with E-state index in [-0.39, 0.29) is 27.2 Å². The molecule has 122 valence electrons. The predicted molar refractivity (Wildman–Crippen MR) is 91.3 cm³/mol. The van der Waals surface area contributed by atoms with Gasteiger partial charge in [-0.1, -0.05) is 46.9 Å². The second-order valence-corrected chi connectivity index (χ2v) is 5.97. The lowest BCUT2D eigenvalue weighted by Crippen LogP contribution is -2.16. The number of aromatic nitrogens is 3. The third kappa shape index (κ3) is 3.01. The number of nitro groups is 1. The van der Waals surface area contributed by atoms with Gasteiger partial charge in [-0.05, 0) is 12.1 Å². The molecule has 1 heterocycles. The SMILES string of the molecule is O=c1[nH]c(-c2cccc([N+](=O)[O-])c2)nn1-c1c(Cl)cc(Cl)cc1Cl. The van der Waals surface area contributed by atoms with Gasteiger partial charge in [-0.2, -0.15) is 4.68 Å². The smallest absolute Gasteiger partial charge is 0.288 e. The Morgan fingerprint density at radius 3 is 2.42 bits per heavy atom. The summed E-state index contributed by atoms with van der Waals surface area (Å²) < 4.78 is 0.981. The first-order valence-electron chi connectivity index (χ1n) is 6.46. The van der Waals surface area contributed by atoms with Crippen molar-refractivity contribution in [3.05, 3.63) is 72.1 Å². The molecule has 3 aromatic rings. The summed E-state index contributed by atoms with van der Waals surface area (Å²) in [6, 6.07) is 8.57. The van der Waals surface area contributed by atoms with E-state index in [0.29, 0.717) is 10.6 Å². The number of halogens is 3. The molecule has 0 spiro atoms. The first-order valence-corrected chi connectivity index (χ1v) is 7.59. The molecule has 24 heavy (non-hydrogen) atoms. The number of benzene rings is 2. The van der Waals surface area contributed by atoms with Gasteiger partial charge in [-0.25, -0.2) is 4.79 Å². The minimum atomic E-state index is -0.595. The lowest BCUT2D eigenvalue weighted by molar-refractivity contribution is -0.384. The average Bonchev–Trinajstić information content (AvgIpc) is 2.88. The standard InChI is InChI=1S/C14H7Cl3N4O3/c15-8-5-10(16)12(11(17)6-8)20-14(22)18-13(19-20)7-2-1-3-9(4-7)21(23)24/h1-6H,(H,18,19,22). The predicted octanol–water partition coefficient (Wildman–Crippen LogP) is 4.10. The maximum Gasteiger partial charge on any atom is 0.348 e. The van der Waals surface area contributed by atoms with E-state index in [4.69, 9.17) is 34.8 Å². The van der Waals surface area contributed by atoms with Crippen molar-refractivity contribution >= 4 is 40.5 Å². The zero-order valence-electron chi connectivity index (χ0n) is 11.7. The van der Waals surface area contributed by atoms with Crippen molar-refractivity contribution in [1.29, 1.82) is 0 Å². The van der Waals surface area contributed by atoms with E-state index in [2.05, 4.69) is 10.1 Å². The highest BCUT2D eigenvalue weighted by Crippen LogP contribution is 2.31. The van der Waals surface area contributed by atoms with Crippen molar-refractivity contribution < 1.29 is 4.92 Å². The van der Waals surface area contributed by atoms with Crippen molar-refractivity contribution in [1.82, 2.24) is 14.8 Å². The number of aromatic amines is 1. The van der Waals surface area contributed by atoms with Gasteiger partial charge in [0.1, 0.15) is 5.69 Å². The number of rotatable bonds is 3. The number of H-pyrrole nitrogens is 1. The van der Waals surface area contributed by atoms with Crippen molar-refractivity contribution in [3.8, 4) is 17.1 Å². The van der Waals surface area contributed by atoms with Crippen molar-refractivity contribution in [2.45, 2.75) is 0 Å².